The minimum atomic E-state index is -0.194. The molecule has 14 aromatic rings. The van der Waals surface area contributed by atoms with Crippen LogP contribution in [-0.4, -0.2) is 0 Å². The third kappa shape index (κ3) is 7.64. The van der Waals surface area contributed by atoms with Gasteiger partial charge < -0.3 is 9.80 Å². The van der Waals surface area contributed by atoms with Gasteiger partial charge in [-0.3, -0.25) is 0 Å². The van der Waals surface area contributed by atoms with Crippen LogP contribution in [0.2, 0.25) is 0 Å². The van der Waals surface area contributed by atoms with Crippen molar-refractivity contribution in [2.75, 3.05) is 9.80 Å². The summed E-state index contributed by atoms with van der Waals surface area (Å²) in [6, 6.07) is 88.8. The Morgan fingerprint density at radius 2 is 0.605 bits per heavy atom. The van der Waals surface area contributed by atoms with Gasteiger partial charge in [-0.15, -0.1) is 0 Å². The number of hydrogen-bond acceptors (Lipinski definition) is 2. The number of anilines is 6. The third-order valence-corrected chi connectivity index (χ3v) is 20.4. The van der Waals surface area contributed by atoms with E-state index in [-0.39, 0.29) is 10.8 Å². The van der Waals surface area contributed by atoms with Gasteiger partial charge in [0.1, 0.15) is 0 Å². The maximum absolute atomic E-state index is 2.59. The fraction of sp³-hybridized carbons (Fsp3) is 0.143. The van der Waals surface area contributed by atoms with Gasteiger partial charge in [-0.25, -0.2) is 0 Å². The van der Waals surface area contributed by atoms with Crippen molar-refractivity contribution in [3.63, 3.8) is 0 Å². The van der Waals surface area contributed by atoms with Crippen LogP contribution < -0.4 is 9.80 Å². The van der Waals surface area contributed by atoms with E-state index in [1.807, 2.05) is 0 Å². The molecule has 2 nitrogen and oxygen atoms in total. The van der Waals surface area contributed by atoms with Crippen molar-refractivity contribution >= 4 is 88.0 Å². The lowest BCUT2D eigenvalue weighted by atomic mass is 9.82. The Bertz CT molecular complexity index is 4830. The maximum Gasteiger partial charge on any atom is 0.0546 e. The Morgan fingerprint density at radius 1 is 0.256 bits per heavy atom. The van der Waals surface area contributed by atoms with E-state index in [9.17, 15) is 0 Å². The molecule has 0 fully saturated rings. The number of nitrogens with zero attached hydrogens (tertiary/aromatic N) is 2. The van der Waals surface area contributed by atoms with E-state index in [1.165, 1.54) is 154 Å². The largest absolute Gasteiger partial charge is 0.310 e. The molecule has 0 unspecified atom stereocenters. The van der Waals surface area contributed by atoms with Crippen molar-refractivity contribution in [2.45, 2.75) is 80.1 Å². The summed E-state index contributed by atoms with van der Waals surface area (Å²) in [6.45, 7) is 23.2. The first-order valence-electron chi connectivity index (χ1n) is 30.6. The molecule has 14 aromatic carbocycles. The van der Waals surface area contributed by atoms with Crippen molar-refractivity contribution in [3.8, 4) is 44.5 Å². The Morgan fingerprint density at radius 3 is 1.01 bits per heavy atom. The van der Waals surface area contributed by atoms with Crippen LogP contribution in [0.5, 0.6) is 0 Å². The molecule has 0 bridgehead atoms. The summed E-state index contributed by atoms with van der Waals surface area (Å²) in [4.78, 5) is 5.18. The van der Waals surface area contributed by atoms with Gasteiger partial charge in [-0.2, -0.15) is 0 Å². The lowest BCUT2D eigenvalue weighted by molar-refractivity contribution is 0.660. The van der Waals surface area contributed by atoms with Crippen LogP contribution in [0.25, 0.3) is 98.4 Å². The quantitative estimate of drug-likeness (QED) is 0.140. The summed E-state index contributed by atoms with van der Waals surface area (Å²) in [7, 11) is 0. The number of benzene rings is 14. The fourth-order valence-corrected chi connectivity index (χ4v) is 15.3. The van der Waals surface area contributed by atoms with E-state index in [4.69, 9.17) is 0 Å². The molecule has 0 saturated carbocycles. The Kier molecular flexibility index (Phi) is 11.4. The van der Waals surface area contributed by atoms with E-state index in [0.29, 0.717) is 0 Å². The highest BCUT2D eigenvalue weighted by Gasteiger charge is 2.38. The molecule has 2 aliphatic rings. The number of aryl methyl sites for hydroxylation is 4. The Balaban J connectivity index is 1.05. The molecule has 0 amide bonds. The Hall–Kier alpha value is -9.76. The molecule has 2 heteroatoms. The van der Waals surface area contributed by atoms with Gasteiger partial charge in [-0.1, -0.05) is 185 Å². The SMILES string of the molecule is Cc1cc(N(c2ccc3c(c2)C(C)(C)c2ccccc2-3)c2cc(-c3ccc4ccccc4c3)c3ccc4c(N(c5cc(C)c(C)c(C)c5)c5ccc6c(c5)C(C)(C)c5ccccc5-6)cc(-c5ccc6ccccc6c5)c5ccc2c3c54)cc(C)c1C. The highest BCUT2D eigenvalue weighted by atomic mass is 15.2. The van der Waals surface area contributed by atoms with Gasteiger partial charge in [-0.05, 0) is 247 Å². The standard InChI is InChI=1S/C84H68N2/c1-49-39-63(40-50(2)53(49)5)85(61-31-33-67-65-23-15-17-25-75(65)83(7,8)77(67)45-61)79-47-73(59-29-27-55-19-11-13-21-57(55)43-59)69-36-38-72-80(48-74(70-35-37-71(79)81(69)82(70)72)60-30-28-56-20-12-14-22-58(56)44-60)86(64-41-51(3)54(6)52(4)42-64)62-32-34-68-66-24-16-18-26-76(66)84(9,10)78(68)46-62/h11-48H,1-10H3. The molecule has 0 heterocycles. The topological polar surface area (TPSA) is 6.48 Å². The number of hydrogen-bond donors (Lipinski definition) is 0. The van der Waals surface area contributed by atoms with Crippen LogP contribution in [0.1, 0.15) is 83.3 Å². The molecule has 0 saturated heterocycles. The van der Waals surface area contributed by atoms with Gasteiger partial charge >= 0.3 is 0 Å². The van der Waals surface area contributed by atoms with Crippen molar-refractivity contribution in [1.29, 1.82) is 0 Å². The molecular formula is C84H68N2. The third-order valence-electron chi connectivity index (χ3n) is 20.4. The molecule has 0 N–H and O–H groups in total. The molecule has 414 valence electrons. The second-order valence-electron chi connectivity index (χ2n) is 26.0. The van der Waals surface area contributed by atoms with E-state index >= 15 is 0 Å². The van der Waals surface area contributed by atoms with Crippen LogP contribution >= 0.6 is 0 Å². The molecule has 0 aliphatic heterocycles. The molecule has 0 radical (unpaired) electrons. The predicted molar refractivity (Wildman–Crippen MR) is 369 cm³/mol. The number of rotatable bonds is 8. The summed E-state index contributed by atoms with van der Waals surface area (Å²) in [5.74, 6) is 0. The zero-order valence-corrected chi connectivity index (χ0v) is 50.8. The van der Waals surface area contributed by atoms with Gasteiger partial charge in [0.2, 0.25) is 0 Å². The average molecular weight is 1110 g/mol. The highest BCUT2D eigenvalue weighted by molar-refractivity contribution is 6.32. The minimum Gasteiger partial charge on any atom is -0.310 e. The van der Waals surface area contributed by atoms with Crippen LogP contribution in [-0.2, 0) is 10.8 Å². The second kappa shape index (κ2) is 18.9. The first-order valence-corrected chi connectivity index (χ1v) is 30.6. The predicted octanol–water partition coefficient (Wildman–Crippen LogP) is 23.6. The van der Waals surface area contributed by atoms with Gasteiger partial charge in [0.25, 0.3) is 0 Å². The molecular weight excluding hydrogens is 1040 g/mol. The number of fused-ring (bicyclic) bond motifs is 8. The van der Waals surface area contributed by atoms with Crippen molar-refractivity contribution in [3.05, 3.63) is 286 Å². The molecule has 2 aliphatic carbocycles. The summed E-state index contributed by atoms with van der Waals surface area (Å²) in [6.07, 6.45) is 0. The van der Waals surface area contributed by atoms with Crippen molar-refractivity contribution in [2.24, 2.45) is 0 Å². The maximum atomic E-state index is 2.59. The zero-order chi connectivity index (χ0) is 58.7. The van der Waals surface area contributed by atoms with E-state index in [0.717, 1.165) is 34.1 Å². The summed E-state index contributed by atoms with van der Waals surface area (Å²) < 4.78 is 0. The summed E-state index contributed by atoms with van der Waals surface area (Å²) in [5, 5.41) is 12.3. The first-order chi connectivity index (χ1) is 41.6. The monoisotopic (exact) mass is 1100 g/mol. The van der Waals surface area contributed by atoms with Crippen LogP contribution in [0.3, 0.4) is 0 Å². The zero-order valence-electron chi connectivity index (χ0n) is 50.8. The minimum absolute atomic E-state index is 0.194. The smallest absolute Gasteiger partial charge is 0.0546 e. The van der Waals surface area contributed by atoms with Crippen molar-refractivity contribution in [1.82, 2.24) is 0 Å². The fourth-order valence-electron chi connectivity index (χ4n) is 15.3. The lowest BCUT2D eigenvalue weighted by Crippen LogP contribution is -2.17. The van der Waals surface area contributed by atoms with Gasteiger partial charge in [0, 0.05) is 55.1 Å². The van der Waals surface area contributed by atoms with E-state index in [2.05, 4.69) is 310 Å². The summed E-state index contributed by atoms with van der Waals surface area (Å²) >= 11 is 0. The van der Waals surface area contributed by atoms with Crippen molar-refractivity contribution < 1.29 is 0 Å². The molecule has 86 heavy (non-hydrogen) atoms. The normalized spacial score (nSPS) is 13.7. The van der Waals surface area contributed by atoms with Gasteiger partial charge in [0.05, 0.1) is 11.4 Å². The van der Waals surface area contributed by atoms with Crippen LogP contribution in [0, 0.1) is 41.5 Å². The second-order valence-corrected chi connectivity index (χ2v) is 26.0. The molecule has 0 spiro atoms. The summed E-state index contributed by atoms with van der Waals surface area (Å²) in [5.41, 5.74) is 29.7. The van der Waals surface area contributed by atoms with Crippen LogP contribution in [0.4, 0.5) is 34.1 Å². The van der Waals surface area contributed by atoms with E-state index < -0.39 is 0 Å². The average Bonchev–Trinajstić information content (AvgIpc) is 1.65. The highest BCUT2D eigenvalue weighted by Crippen LogP contribution is 2.57. The molecule has 16 rings (SSSR count). The van der Waals surface area contributed by atoms with Crippen LogP contribution in [0.15, 0.2) is 231 Å². The lowest BCUT2D eigenvalue weighted by Gasteiger charge is -2.32. The Labute approximate surface area is 505 Å². The van der Waals surface area contributed by atoms with Gasteiger partial charge in [0.15, 0.2) is 0 Å². The molecule has 0 aromatic heterocycles. The molecule has 0 atom stereocenters. The van der Waals surface area contributed by atoms with E-state index in [1.54, 1.807) is 0 Å². The first kappa shape index (κ1) is 51.8.